The minimum Gasteiger partial charge on any atom is -0.282 e. The fourth-order valence-corrected chi connectivity index (χ4v) is 1.17. The van der Waals surface area contributed by atoms with Crippen LogP contribution in [0.15, 0.2) is 0 Å². The molecule has 1 rings (SSSR count). The number of amides is 1. The Morgan fingerprint density at radius 3 is 2.40 bits per heavy atom. The summed E-state index contributed by atoms with van der Waals surface area (Å²) in [5.74, 6) is -0.200. The maximum absolute atomic E-state index is 10.8. The molecule has 0 aliphatic heterocycles. The van der Waals surface area contributed by atoms with Gasteiger partial charge in [-0.1, -0.05) is 0 Å². The first-order valence-corrected chi connectivity index (χ1v) is 4.99. The van der Waals surface area contributed by atoms with Crippen molar-refractivity contribution in [1.29, 1.82) is 0 Å². The summed E-state index contributed by atoms with van der Waals surface area (Å²) >= 11 is 0. The molecule has 0 aromatic heterocycles. The van der Waals surface area contributed by atoms with Crippen LogP contribution in [0, 0.1) is 5.92 Å². The van der Waals surface area contributed by atoms with Crippen molar-refractivity contribution in [2.75, 3.05) is 6.26 Å². The zero-order valence-corrected chi connectivity index (χ0v) is 6.52. The third kappa shape index (κ3) is 2.55. The maximum Gasteiger partial charge on any atom is 0.241 e. The summed E-state index contributed by atoms with van der Waals surface area (Å²) in [7, 11) is -2.83. The van der Waals surface area contributed by atoms with Gasteiger partial charge in [0.05, 0.1) is 0 Å². The summed E-state index contributed by atoms with van der Waals surface area (Å²) in [4.78, 5) is 10.8. The number of hydrogen-bond donors (Lipinski definition) is 3. The lowest BCUT2D eigenvalue weighted by Crippen LogP contribution is -2.27. The first-order chi connectivity index (χ1) is 4.49. The highest BCUT2D eigenvalue weighted by Crippen LogP contribution is 2.34. The van der Waals surface area contributed by atoms with E-state index in [0.717, 1.165) is 12.8 Å². The van der Waals surface area contributed by atoms with E-state index in [9.17, 15) is 4.79 Å². The van der Waals surface area contributed by atoms with Gasteiger partial charge in [-0.25, -0.2) is 0 Å². The molecular formula is C5H11NO3S. The van der Waals surface area contributed by atoms with Gasteiger partial charge in [-0.15, -0.1) is 10.8 Å². The van der Waals surface area contributed by atoms with Crippen LogP contribution in [0.2, 0.25) is 0 Å². The molecule has 1 aliphatic rings. The predicted molar refractivity (Wildman–Crippen MR) is 39.6 cm³/mol. The highest BCUT2D eigenvalue weighted by molar-refractivity contribution is 8.22. The van der Waals surface area contributed by atoms with Crippen LogP contribution in [0.1, 0.15) is 12.8 Å². The van der Waals surface area contributed by atoms with Crippen molar-refractivity contribution < 1.29 is 13.9 Å². The summed E-state index contributed by atoms with van der Waals surface area (Å²) in [5, 5.41) is 0. The third-order valence-corrected chi connectivity index (χ3v) is 1.83. The summed E-state index contributed by atoms with van der Waals surface area (Å²) in [6.45, 7) is 0. The molecule has 0 aromatic carbocycles. The van der Waals surface area contributed by atoms with Crippen molar-refractivity contribution in [2.24, 2.45) is 5.92 Å². The van der Waals surface area contributed by atoms with Crippen LogP contribution in [0.3, 0.4) is 0 Å². The van der Waals surface area contributed by atoms with Gasteiger partial charge in [-0.3, -0.25) is 18.6 Å². The molecule has 60 valence electrons. The minimum absolute atomic E-state index is 0.0334. The van der Waals surface area contributed by atoms with Gasteiger partial charge in [0, 0.05) is 12.2 Å². The molecule has 0 saturated heterocycles. The van der Waals surface area contributed by atoms with Crippen molar-refractivity contribution >= 4 is 16.7 Å². The van der Waals surface area contributed by atoms with Crippen LogP contribution >= 0.6 is 10.8 Å². The average Bonchev–Trinajstić information content (AvgIpc) is 2.35. The molecule has 0 atom stereocenters. The number of rotatable bonds is 2. The van der Waals surface area contributed by atoms with E-state index in [1.807, 2.05) is 0 Å². The van der Waals surface area contributed by atoms with Crippen LogP contribution in [-0.4, -0.2) is 21.3 Å². The molecule has 0 bridgehead atoms. The van der Waals surface area contributed by atoms with Crippen LogP contribution in [0.4, 0.5) is 0 Å². The van der Waals surface area contributed by atoms with Crippen LogP contribution in [-0.2, 0) is 4.79 Å². The lowest BCUT2D eigenvalue weighted by Gasteiger charge is -2.27. The zero-order chi connectivity index (χ0) is 7.78. The van der Waals surface area contributed by atoms with Gasteiger partial charge < -0.3 is 0 Å². The van der Waals surface area contributed by atoms with Crippen molar-refractivity contribution in [3.63, 3.8) is 0 Å². The van der Waals surface area contributed by atoms with Gasteiger partial charge in [0.1, 0.15) is 0 Å². The second-order valence-electron chi connectivity index (χ2n) is 2.57. The normalized spacial score (nSPS) is 20.3. The number of carbonyl (C=O) groups excluding carboxylic acids is 1. The number of carbonyl (C=O) groups is 1. The molecule has 0 aromatic rings. The Morgan fingerprint density at radius 1 is 1.60 bits per heavy atom. The average molecular weight is 165 g/mol. The Morgan fingerprint density at radius 2 is 2.10 bits per heavy atom. The van der Waals surface area contributed by atoms with Gasteiger partial charge in [0.25, 0.3) is 0 Å². The Bertz CT molecular complexity index is 149. The molecule has 0 unspecified atom stereocenters. The highest BCUT2D eigenvalue weighted by atomic mass is 32.3. The van der Waals surface area contributed by atoms with Crippen LogP contribution in [0.5, 0.6) is 0 Å². The van der Waals surface area contributed by atoms with Gasteiger partial charge in [-0.2, -0.15) is 0 Å². The monoisotopic (exact) mass is 165 g/mol. The van der Waals surface area contributed by atoms with Crippen molar-refractivity contribution in [3.8, 4) is 0 Å². The highest BCUT2D eigenvalue weighted by Gasteiger charge is 2.31. The predicted octanol–water partition coefficient (Wildman–Crippen LogP) is 0.808. The Balaban J connectivity index is 2.30. The van der Waals surface area contributed by atoms with E-state index in [1.54, 1.807) is 0 Å². The van der Waals surface area contributed by atoms with E-state index >= 15 is 0 Å². The molecule has 1 fully saturated rings. The van der Waals surface area contributed by atoms with Crippen molar-refractivity contribution in [2.45, 2.75) is 12.8 Å². The maximum atomic E-state index is 10.8. The lowest BCUT2D eigenvalue weighted by atomic mass is 10.4. The molecule has 10 heavy (non-hydrogen) atoms. The third-order valence-electron chi connectivity index (χ3n) is 1.24. The molecule has 5 heteroatoms. The van der Waals surface area contributed by atoms with Gasteiger partial charge in [0.15, 0.2) is 0 Å². The molecule has 1 amide bonds. The van der Waals surface area contributed by atoms with Crippen molar-refractivity contribution in [3.05, 3.63) is 0 Å². The molecule has 0 radical (unpaired) electrons. The number of hydrogen-bond acceptors (Lipinski definition) is 3. The Hall–Kier alpha value is -0.260. The molecule has 1 aliphatic carbocycles. The van der Waals surface area contributed by atoms with E-state index < -0.39 is 10.8 Å². The molecular weight excluding hydrogens is 154 g/mol. The van der Waals surface area contributed by atoms with E-state index in [-0.39, 0.29) is 11.8 Å². The molecule has 0 heterocycles. The Labute approximate surface area is 61.1 Å². The number of nitrogens with one attached hydrogen (secondary N) is 1. The van der Waals surface area contributed by atoms with Crippen LogP contribution in [0.25, 0.3) is 0 Å². The first-order valence-electron chi connectivity index (χ1n) is 3.04. The minimum atomic E-state index is -2.83. The molecule has 3 N–H and O–H groups in total. The lowest BCUT2D eigenvalue weighted by molar-refractivity contribution is -0.120. The summed E-state index contributed by atoms with van der Waals surface area (Å²) in [6.07, 6.45) is 2.95. The largest absolute Gasteiger partial charge is 0.282 e. The Kier molecular flexibility index (Phi) is 1.89. The van der Waals surface area contributed by atoms with Crippen LogP contribution < -0.4 is 4.72 Å². The fraction of sp³-hybridized carbons (Fsp3) is 0.800. The van der Waals surface area contributed by atoms with E-state index in [1.165, 1.54) is 6.26 Å². The molecule has 1 saturated carbocycles. The van der Waals surface area contributed by atoms with Gasteiger partial charge >= 0.3 is 0 Å². The van der Waals surface area contributed by atoms with E-state index in [4.69, 9.17) is 9.11 Å². The molecule has 0 spiro atoms. The zero-order valence-electron chi connectivity index (χ0n) is 5.70. The first kappa shape index (κ1) is 7.84. The fourth-order valence-electron chi connectivity index (χ4n) is 0.619. The second kappa shape index (κ2) is 2.41. The van der Waals surface area contributed by atoms with Crippen molar-refractivity contribution in [1.82, 2.24) is 4.72 Å². The topological polar surface area (TPSA) is 69.6 Å². The molecule has 4 nitrogen and oxygen atoms in total. The summed E-state index contributed by atoms with van der Waals surface area (Å²) < 4.78 is 19.7. The van der Waals surface area contributed by atoms with E-state index in [2.05, 4.69) is 4.72 Å². The summed E-state index contributed by atoms with van der Waals surface area (Å²) in [5.41, 5.74) is 0. The van der Waals surface area contributed by atoms with Gasteiger partial charge in [0.2, 0.25) is 5.91 Å². The summed E-state index contributed by atoms with van der Waals surface area (Å²) in [6, 6.07) is 0. The SMILES string of the molecule is CS(O)(O)NC(=O)C1CC1. The van der Waals surface area contributed by atoms with E-state index in [0.29, 0.717) is 0 Å². The van der Waals surface area contributed by atoms with Gasteiger partial charge in [-0.05, 0) is 12.8 Å². The smallest absolute Gasteiger partial charge is 0.241 e. The standard InChI is InChI=1S/C5H11NO3S/c1-10(8,9)6-5(7)4-2-3-4/h4,8-9H,2-3H2,1H3,(H,6,7). The second-order valence-corrected chi connectivity index (χ2v) is 4.45. The quantitative estimate of drug-likeness (QED) is 0.567.